The molecule has 11 heavy (non-hydrogen) atoms. The first-order chi connectivity index (χ1) is 5.25. The molecule has 1 aromatic rings. The first-order valence-electron chi connectivity index (χ1n) is 3.05. The molecule has 4 heteroatoms. The molecule has 0 spiro atoms. The van der Waals surface area contributed by atoms with Gasteiger partial charge in [0.2, 0.25) is 0 Å². The van der Waals surface area contributed by atoms with Crippen molar-refractivity contribution >= 4 is 23.2 Å². The largest absolute Gasteiger partial charge is 0.319 e. The van der Waals surface area contributed by atoms with Gasteiger partial charge >= 0.3 is 0 Å². The summed E-state index contributed by atoms with van der Waals surface area (Å²) in [6, 6.07) is 0. The fraction of sp³-hybridized carbons (Fsp3) is 0.286. The van der Waals surface area contributed by atoms with E-state index in [1.807, 2.05) is 0 Å². The zero-order valence-electron chi connectivity index (χ0n) is 5.72. The maximum atomic E-state index is 5.74. The van der Waals surface area contributed by atoms with E-state index < -0.39 is 0 Å². The van der Waals surface area contributed by atoms with Crippen molar-refractivity contribution in [3.8, 4) is 12.3 Å². The minimum Gasteiger partial charge on any atom is -0.319 e. The van der Waals surface area contributed by atoms with Crippen LogP contribution in [0.3, 0.4) is 0 Å². The van der Waals surface area contributed by atoms with Crippen LogP contribution in [0.15, 0.2) is 6.33 Å². The van der Waals surface area contributed by atoms with Crippen molar-refractivity contribution in [3.05, 3.63) is 16.6 Å². The molecule has 1 heterocycles. The Labute approximate surface area is 75.1 Å². The van der Waals surface area contributed by atoms with Gasteiger partial charge in [-0.25, -0.2) is 4.98 Å². The van der Waals surface area contributed by atoms with Gasteiger partial charge in [-0.3, -0.25) is 0 Å². The quantitative estimate of drug-likeness (QED) is 0.652. The van der Waals surface area contributed by atoms with E-state index in [1.54, 1.807) is 10.9 Å². The van der Waals surface area contributed by atoms with Crippen LogP contribution >= 0.6 is 23.2 Å². The molecule has 0 amide bonds. The molecule has 0 atom stereocenters. The molecule has 0 radical (unpaired) electrons. The molecule has 1 aromatic heterocycles. The van der Waals surface area contributed by atoms with Crippen LogP contribution in [0.4, 0.5) is 0 Å². The first kappa shape index (κ1) is 8.45. The van der Waals surface area contributed by atoms with Gasteiger partial charge in [0.25, 0.3) is 0 Å². The predicted octanol–water partition coefficient (Wildman–Crippen LogP) is 2.21. The van der Waals surface area contributed by atoms with Crippen molar-refractivity contribution in [1.82, 2.24) is 9.55 Å². The molecule has 0 aliphatic rings. The van der Waals surface area contributed by atoms with Crippen LogP contribution in [0.5, 0.6) is 0 Å². The number of nitrogens with zero attached hydrogens (tertiary/aromatic N) is 2. The van der Waals surface area contributed by atoms with Gasteiger partial charge in [0, 0.05) is 13.0 Å². The zero-order valence-corrected chi connectivity index (χ0v) is 7.23. The van der Waals surface area contributed by atoms with E-state index in [9.17, 15) is 0 Å². The van der Waals surface area contributed by atoms with E-state index in [2.05, 4.69) is 10.9 Å². The van der Waals surface area contributed by atoms with Crippen LogP contribution in [0.1, 0.15) is 6.42 Å². The molecule has 1 rings (SSSR count). The monoisotopic (exact) mass is 188 g/mol. The highest BCUT2D eigenvalue weighted by Crippen LogP contribution is 2.19. The smallest absolute Gasteiger partial charge is 0.166 e. The minimum absolute atomic E-state index is 0.323. The summed E-state index contributed by atoms with van der Waals surface area (Å²) in [5.41, 5.74) is 0. The lowest BCUT2D eigenvalue weighted by atomic mass is 10.4. The summed E-state index contributed by atoms with van der Waals surface area (Å²) < 4.78 is 1.71. The maximum Gasteiger partial charge on any atom is 0.166 e. The van der Waals surface area contributed by atoms with Gasteiger partial charge in [0.1, 0.15) is 5.15 Å². The lowest BCUT2D eigenvalue weighted by Gasteiger charge is -1.97. The molecule has 0 N–H and O–H groups in total. The van der Waals surface area contributed by atoms with Crippen LogP contribution in [-0.2, 0) is 6.54 Å². The van der Waals surface area contributed by atoms with Gasteiger partial charge < -0.3 is 4.57 Å². The third kappa shape index (κ3) is 1.89. The SMILES string of the molecule is C#CCCn1cnc(Cl)c1Cl. The van der Waals surface area contributed by atoms with Crippen molar-refractivity contribution in [2.24, 2.45) is 0 Å². The Hall–Kier alpha value is -0.650. The highest BCUT2D eigenvalue weighted by molar-refractivity contribution is 6.40. The topological polar surface area (TPSA) is 17.8 Å². The predicted molar refractivity (Wildman–Crippen MR) is 45.7 cm³/mol. The molecular weight excluding hydrogens is 183 g/mol. The molecule has 0 aromatic carbocycles. The standard InChI is InChI=1S/C7H6Cl2N2/c1-2-3-4-11-5-10-6(8)7(11)9/h1,5H,3-4H2. The second-order valence-corrected chi connectivity index (χ2v) is 2.69. The lowest BCUT2D eigenvalue weighted by molar-refractivity contribution is 0.719. The molecule has 0 fully saturated rings. The fourth-order valence-corrected chi connectivity index (χ4v) is 1.01. The Bertz CT molecular complexity index is 285. The molecule has 0 bridgehead atoms. The van der Waals surface area contributed by atoms with Gasteiger partial charge in [0.05, 0.1) is 6.33 Å². The summed E-state index contributed by atoms with van der Waals surface area (Å²) in [6.07, 6.45) is 7.28. The van der Waals surface area contributed by atoms with E-state index in [0.717, 1.165) is 0 Å². The van der Waals surface area contributed by atoms with Crippen molar-refractivity contribution in [1.29, 1.82) is 0 Å². The molecule has 0 unspecified atom stereocenters. The molecule has 0 saturated carbocycles. The zero-order chi connectivity index (χ0) is 8.27. The van der Waals surface area contributed by atoms with Crippen LogP contribution in [0.2, 0.25) is 10.3 Å². The second-order valence-electron chi connectivity index (χ2n) is 1.97. The molecule has 2 nitrogen and oxygen atoms in total. The van der Waals surface area contributed by atoms with Gasteiger partial charge in [-0.2, -0.15) is 0 Å². The normalized spacial score (nSPS) is 9.55. The van der Waals surface area contributed by atoms with E-state index in [1.165, 1.54) is 0 Å². The summed E-state index contributed by atoms with van der Waals surface area (Å²) in [7, 11) is 0. The number of imidazole rings is 1. The maximum absolute atomic E-state index is 5.74. The van der Waals surface area contributed by atoms with Crippen molar-refractivity contribution in [3.63, 3.8) is 0 Å². The van der Waals surface area contributed by atoms with Gasteiger partial charge in [-0.15, -0.1) is 12.3 Å². The lowest BCUT2D eigenvalue weighted by Crippen LogP contribution is -1.94. The average molecular weight is 189 g/mol. The number of hydrogen-bond donors (Lipinski definition) is 0. The summed E-state index contributed by atoms with van der Waals surface area (Å²) in [5.74, 6) is 2.50. The third-order valence-corrected chi connectivity index (χ3v) is 2.00. The molecule has 0 aliphatic carbocycles. The van der Waals surface area contributed by atoms with Gasteiger partial charge in [-0.05, 0) is 0 Å². The van der Waals surface area contributed by atoms with E-state index >= 15 is 0 Å². The Morgan fingerprint density at radius 1 is 1.64 bits per heavy atom. The summed E-state index contributed by atoms with van der Waals surface area (Å²) >= 11 is 11.3. The summed E-state index contributed by atoms with van der Waals surface area (Å²) in [5, 5.41) is 0.769. The summed E-state index contributed by atoms with van der Waals surface area (Å²) in [6.45, 7) is 0.662. The molecule has 0 aliphatic heterocycles. The number of halogens is 2. The van der Waals surface area contributed by atoms with Crippen LogP contribution in [0, 0.1) is 12.3 Å². The van der Waals surface area contributed by atoms with Gasteiger partial charge in [0.15, 0.2) is 5.15 Å². The average Bonchev–Trinajstić information content (AvgIpc) is 2.31. The first-order valence-corrected chi connectivity index (χ1v) is 3.81. The van der Waals surface area contributed by atoms with Crippen molar-refractivity contribution in [2.45, 2.75) is 13.0 Å². The summed E-state index contributed by atoms with van der Waals surface area (Å²) in [4.78, 5) is 3.80. The Balaban J connectivity index is 2.72. The fourth-order valence-electron chi connectivity index (χ4n) is 0.684. The number of aryl methyl sites for hydroxylation is 1. The molecule has 0 saturated heterocycles. The van der Waals surface area contributed by atoms with Crippen molar-refractivity contribution in [2.75, 3.05) is 0 Å². The number of aromatic nitrogens is 2. The van der Waals surface area contributed by atoms with Crippen LogP contribution in [-0.4, -0.2) is 9.55 Å². The molecular formula is C7H6Cl2N2. The molecule has 58 valence electrons. The number of rotatable bonds is 2. The van der Waals surface area contributed by atoms with E-state index in [0.29, 0.717) is 23.3 Å². The number of terminal acetylenes is 1. The Morgan fingerprint density at radius 2 is 2.36 bits per heavy atom. The van der Waals surface area contributed by atoms with Crippen molar-refractivity contribution < 1.29 is 0 Å². The van der Waals surface area contributed by atoms with Crippen LogP contribution in [0.25, 0.3) is 0 Å². The highest BCUT2D eigenvalue weighted by atomic mass is 35.5. The Kier molecular flexibility index (Phi) is 2.81. The van der Waals surface area contributed by atoms with Crippen LogP contribution < -0.4 is 0 Å². The second kappa shape index (κ2) is 3.66. The minimum atomic E-state index is 0.323. The van der Waals surface area contributed by atoms with Gasteiger partial charge in [-0.1, -0.05) is 23.2 Å². The number of hydrogen-bond acceptors (Lipinski definition) is 1. The third-order valence-electron chi connectivity index (χ3n) is 1.23. The Morgan fingerprint density at radius 3 is 2.82 bits per heavy atom. The van der Waals surface area contributed by atoms with E-state index in [-0.39, 0.29) is 0 Å². The highest BCUT2D eigenvalue weighted by Gasteiger charge is 2.03. The van der Waals surface area contributed by atoms with E-state index in [4.69, 9.17) is 29.6 Å².